The molecule has 1 rings (SSSR count). The average molecular weight is 271 g/mol. The molecule has 0 aromatic rings. The van der Waals surface area contributed by atoms with Crippen molar-refractivity contribution in [1.29, 1.82) is 0 Å². The maximum atomic E-state index is 11.7. The van der Waals surface area contributed by atoms with Crippen LogP contribution in [0.15, 0.2) is 0 Å². The third-order valence-electron chi connectivity index (χ3n) is 2.46. The molecule has 3 atom stereocenters. The van der Waals surface area contributed by atoms with Crippen molar-refractivity contribution < 1.29 is 37.5 Å². The number of amides is 1. The van der Waals surface area contributed by atoms with Gasteiger partial charge in [-0.3, -0.25) is 11.8 Å². The minimum atomic E-state index is -0.0646. The van der Waals surface area contributed by atoms with Crippen LogP contribution in [0.25, 0.3) is 0 Å². The normalized spacial score (nSPS) is 28.0. The second-order valence-corrected chi connectivity index (χ2v) is 3.96. The monoisotopic (exact) mass is 271 g/mol. The van der Waals surface area contributed by atoms with Crippen molar-refractivity contribution in [2.75, 3.05) is 6.54 Å². The van der Waals surface area contributed by atoms with E-state index in [1.54, 1.807) is 0 Å². The minimum absolute atomic E-state index is 0. The fourth-order valence-corrected chi connectivity index (χ4v) is 1.52. The van der Waals surface area contributed by atoms with Crippen molar-refractivity contribution in [1.82, 2.24) is 10.2 Å². The van der Waals surface area contributed by atoms with Crippen molar-refractivity contribution in [2.45, 2.75) is 32.4 Å². The maximum absolute atomic E-state index is 11.7. The number of nitrogens with zero attached hydrogens (tertiary/aromatic N) is 1. The first-order valence-electron chi connectivity index (χ1n) is 4.72. The third-order valence-corrected chi connectivity index (χ3v) is 2.46. The van der Waals surface area contributed by atoms with E-state index in [-0.39, 0.29) is 50.7 Å². The molecule has 79 valence electrons. The molecule has 1 saturated heterocycles. The van der Waals surface area contributed by atoms with Gasteiger partial charge in [-0.05, 0) is 18.9 Å². The minimum Gasteiger partial charge on any atom is -0.517 e. The molecule has 3 nitrogen and oxygen atoms in total. The molecule has 0 aliphatic carbocycles. The van der Waals surface area contributed by atoms with E-state index in [0.717, 1.165) is 13.0 Å². The molecule has 0 bridgehead atoms. The second kappa shape index (κ2) is 6.19. The molecule has 0 saturated carbocycles. The van der Waals surface area contributed by atoms with Crippen LogP contribution in [-0.4, -0.2) is 29.4 Å². The molecule has 1 radical (unpaired) electrons. The van der Waals surface area contributed by atoms with Gasteiger partial charge in [-0.2, -0.15) is 0 Å². The number of hydrogen-bond donors (Lipinski definition) is 1. The SMILES string of the molecule is [CH2-][C@@H](C)N([CH2-])C(=O)[C@@H]1C[C@@H](C)CN1.[Y]. The van der Waals surface area contributed by atoms with Crippen molar-refractivity contribution in [3.63, 3.8) is 0 Å². The Morgan fingerprint density at radius 3 is 2.57 bits per heavy atom. The predicted molar refractivity (Wildman–Crippen MR) is 52.6 cm³/mol. The van der Waals surface area contributed by atoms with Gasteiger partial charge in [0.15, 0.2) is 0 Å². The van der Waals surface area contributed by atoms with Crippen molar-refractivity contribution >= 4 is 5.91 Å². The Labute approximate surface area is 112 Å². The number of hydrogen-bond acceptors (Lipinski definition) is 2. The zero-order valence-electron chi connectivity index (χ0n) is 8.99. The van der Waals surface area contributed by atoms with Crippen LogP contribution < -0.4 is 5.32 Å². The van der Waals surface area contributed by atoms with E-state index in [2.05, 4.69) is 26.2 Å². The summed E-state index contributed by atoms with van der Waals surface area (Å²) in [7, 11) is 3.69. The van der Waals surface area contributed by atoms with Gasteiger partial charge in [0.05, 0.1) is 6.04 Å². The fourth-order valence-electron chi connectivity index (χ4n) is 1.52. The topological polar surface area (TPSA) is 32.3 Å². The Morgan fingerprint density at radius 2 is 2.21 bits per heavy atom. The smallest absolute Gasteiger partial charge is 0.208 e. The average Bonchev–Trinajstić information content (AvgIpc) is 2.49. The molecular formula is C10H18N2OY-2. The Morgan fingerprint density at radius 1 is 1.64 bits per heavy atom. The van der Waals surface area contributed by atoms with Crippen molar-refractivity contribution in [3.8, 4) is 0 Å². The predicted octanol–water partition coefficient (Wildman–Crippen LogP) is 0.825. The molecule has 1 aliphatic heterocycles. The summed E-state index contributed by atoms with van der Waals surface area (Å²) in [5.74, 6) is 0.648. The third kappa shape index (κ3) is 3.60. The van der Waals surface area contributed by atoms with Gasteiger partial charge >= 0.3 is 0 Å². The van der Waals surface area contributed by atoms with Gasteiger partial charge < -0.3 is 17.1 Å². The summed E-state index contributed by atoms with van der Waals surface area (Å²) >= 11 is 0. The summed E-state index contributed by atoms with van der Waals surface area (Å²) in [4.78, 5) is 13.1. The number of carbonyl (C=O) groups is 1. The molecule has 4 heteroatoms. The molecule has 0 aromatic carbocycles. The van der Waals surface area contributed by atoms with Crippen LogP contribution in [0.2, 0.25) is 0 Å². The van der Waals surface area contributed by atoms with Crippen LogP contribution in [0, 0.1) is 19.9 Å². The molecule has 0 spiro atoms. The largest absolute Gasteiger partial charge is 0.517 e. The van der Waals surface area contributed by atoms with Crippen LogP contribution in [-0.2, 0) is 37.5 Å². The van der Waals surface area contributed by atoms with Gasteiger partial charge in [-0.25, -0.2) is 0 Å². The van der Waals surface area contributed by atoms with Gasteiger partial charge in [0.2, 0.25) is 5.91 Å². The zero-order valence-corrected chi connectivity index (χ0v) is 11.8. The van der Waals surface area contributed by atoms with E-state index in [1.165, 1.54) is 4.90 Å². The molecule has 14 heavy (non-hydrogen) atoms. The number of carbonyl (C=O) groups excluding carboxylic acids is 1. The molecule has 1 heterocycles. The van der Waals surface area contributed by atoms with Crippen LogP contribution in [0.5, 0.6) is 0 Å². The van der Waals surface area contributed by atoms with Crippen LogP contribution in [0.1, 0.15) is 20.3 Å². The Hall–Kier alpha value is 0.534. The summed E-state index contributed by atoms with van der Waals surface area (Å²) in [6, 6.07) is -0.109. The fraction of sp³-hybridized carbons (Fsp3) is 0.700. The van der Waals surface area contributed by atoms with Gasteiger partial charge in [-0.15, -0.1) is 6.04 Å². The summed E-state index contributed by atoms with van der Waals surface area (Å²) in [6.45, 7) is 8.70. The molecule has 1 N–H and O–H groups in total. The van der Waals surface area contributed by atoms with E-state index >= 15 is 0 Å². The van der Waals surface area contributed by atoms with E-state index in [0.29, 0.717) is 5.92 Å². The molecular weight excluding hydrogens is 253 g/mol. The first-order valence-corrected chi connectivity index (χ1v) is 4.72. The van der Waals surface area contributed by atoms with Crippen LogP contribution >= 0.6 is 0 Å². The molecule has 1 aliphatic rings. The molecule has 0 aromatic heterocycles. The maximum Gasteiger partial charge on any atom is 0.208 e. The van der Waals surface area contributed by atoms with Gasteiger partial charge in [0, 0.05) is 32.7 Å². The summed E-state index contributed by atoms with van der Waals surface area (Å²) in [6.07, 6.45) is 0.914. The van der Waals surface area contributed by atoms with E-state index in [1.807, 2.05) is 6.92 Å². The summed E-state index contributed by atoms with van der Waals surface area (Å²) in [5.41, 5.74) is 0. The second-order valence-electron chi connectivity index (χ2n) is 3.96. The molecule has 0 unspecified atom stereocenters. The van der Waals surface area contributed by atoms with Crippen molar-refractivity contribution in [3.05, 3.63) is 14.0 Å². The first kappa shape index (κ1) is 14.5. The Bertz CT molecular complexity index is 197. The molecule has 1 fully saturated rings. The zero-order chi connectivity index (χ0) is 10.0. The molecule has 1 amide bonds. The van der Waals surface area contributed by atoms with E-state index < -0.39 is 0 Å². The summed E-state index contributed by atoms with van der Waals surface area (Å²) < 4.78 is 0. The summed E-state index contributed by atoms with van der Waals surface area (Å²) in [5, 5.41) is 3.18. The first-order chi connectivity index (χ1) is 6.02. The number of rotatable bonds is 2. The van der Waals surface area contributed by atoms with E-state index in [9.17, 15) is 4.79 Å². The number of nitrogens with one attached hydrogen (secondary N) is 1. The quantitative estimate of drug-likeness (QED) is 0.754. The van der Waals surface area contributed by atoms with Gasteiger partial charge in [0.1, 0.15) is 0 Å². The Kier molecular flexibility index (Phi) is 6.43. The van der Waals surface area contributed by atoms with Gasteiger partial charge in [0.25, 0.3) is 0 Å². The standard InChI is InChI=1S/C10H18N2O.Y/c1-7(2)12(4)10(13)9-5-8(3)6-11-9;/h7-9,11H,1,4-6H2,2-3H3;/q-2;/t7-,8+,9-;/m0./s1. The Balaban J connectivity index is 0.00000169. The van der Waals surface area contributed by atoms with E-state index in [4.69, 9.17) is 0 Å². The van der Waals surface area contributed by atoms with Crippen molar-refractivity contribution in [2.24, 2.45) is 5.92 Å². The van der Waals surface area contributed by atoms with Crippen LogP contribution in [0.3, 0.4) is 0 Å². The van der Waals surface area contributed by atoms with Gasteiger partial charge in [-0.1, -0.05) is 13.8 Å². The van der Waals surface area contributed by atoms with Crippen LogP contribution in [0.4, 0.5) is 0 Å².